The lowest BCUT2D eigenvalue weighted by atomic mass is 9.93. The molecule has 1 saturated heterocycles. The number of rotatable bonds is 4. The molecule has 1 amide bonds. The van der Waals surface area contributed by atoms with Crippen molar-refractivity contribution in [2.24, 2.45) is 5.73 Å². The normalized spacial score (nSPS) is 15.1. The number of hydrogen-bond donors (Lipinski definition) is 3. The number of fused-ring (bicyclic) bond motifs is 2. The van der Waals surface area contributed by atoms with Crippen molar-refractivity contribution in [1.82, 2.24) is 24.4 Å². The van der Waals surface area contributed by atoms with Gasteiger partial charge in [-0.1, -0.05) is 12.1 Å². The first-order valence-corrected chi connectivity index (χ1v) is 12.6. The lowest BCUT2D eigenvalue weighted by Gasteiger charge is -2.29. The molecule has 1 aliphatic heterocycles. The summed E-state index contributed by atoms with van der Waals surface area (Å²) >= 11 is 0. The fourth-order valence-electron chi connectivity index (χ4n) is 5.69. The van der Waals surface area contributed by atoms with Gasteiger partial charge in [0.2, 0.25) is 5.91 Å². The van der Waals surface area contributed by atoms with Crippen LogP contribution in [0.3, 0.4) is 0 Å². The average Bonchev–Trinajstić information content (AvgIpc) is 3.45. The van der Waals surface area contributed by atoms with Crippen molar-refractivity contribution in [3.05, 3.63) is 76.0 Å². The largest absolute Gasteiger partial charge is 0.366 e. The van der Waals surface area contributed by atoms with Crippen LogP contribution in [-0.4, -0.2) is 50.5 Å². The van der Waals surface area contributed by atoms with Gasteiger partial charge in [0.25, 0.3) is 0 Å². The van der Waals surface area contributed by atoms with Gasteiger partial charge in [-0.15, -0.1) is 0 Å². The van der Waals surface area contributed by atoms with E-state index >= 15 is 0 Å². The van der Waals surface area contributed by atoms with Crippen LogP contribution in [0.2, 0.25) is 0 Å². The first-order valence-electron chi connectivity index (χ1n) is 12.6. The molecule has 8 heteroatoms. The monoisotopic (exact) mass is 494 g/mol. The van der Waals surface area contributed by atoms with Crippen LogP contribution in [0, 0.1) is 13.8 Å². The van der Waals surface area contributed by atoms with E-state index in [2.05, 4.69) is 39.0 Å². The van der Waals surface area contributed by atoms with Crippen molar-refractivity contribution < 1.29 is 4.79 Å². The summed E-state index contributed by atoms with van der Waals surface area (Å²) in [5.41, 5.74) is 14.5. The van der Waals surface area contributed by atoms with Crippen molar-refractivity contribution >= 4 is 28.0 Å². The number of imidazole rings is 1. The van der Waals surface area contributed by atoms with Crippen molar-refractivity contribution in [2.45, 2.75) is 32.7 Å². The van der Waals surface area contributed by atoms with Gasteiger partial charge in [0.1, 0.15) is 5.65 Å². The van der Waals surface area contributed by atoms with Crippen LogP contribution in [0.15, 0.2) is 53.6 Å². The van der Waals surface area contributed by atoms with E-state index in [1.807, 2.05) is 49.0 Å². The molecule has 0 unspecified atom stereocenters. The zero-order chi connectivity index (χ0) is 25.8. The van der Waals surface area contributed by atoms with E-state index in [0.29, 0.717) is 5.56 Å². The summed E-state index contributed by atoms with van der Waals surface area (Å²) < 4.78 is 1.93. The molecule has 37 heavy (non-hydrogen) atoms. The lowest BCUT2D eigenvalue weighted by Crippen LogP contribution is -2.34. The van der Waals surface area contributed by atoms with Crippen LogP contribution in [0.5, 0.6) is 0 Å². The van der Waals surface area contributed by atoms with Crippen molar-refractivity contribution in [3.63, 3.8) is 0 Å². The Bertz CT molecular complexity index is 1730. The van der Waals surface area contributed by atoms with E-state index < -0.39 is 5.91 Å². The number of carbonyl (C=O) groups is 1. The SMILES string of the molecule is Cc1c(C(N)=O)ccc(-c2c[nH]c3ncc(-c4ccc5c(c4)[nH]c(=O)n5C4CCN(C)CC4)cc23)c1C. The number of hydrogen-bond acceptors (Lipinski definition) is 4. The zero-order valence-corrected chi connectivity index (χ0v) is 21.3. The molecule has 0 saturated carbocycles. The summed E-state index contributed by atoms with van der Waals surface area (Å²) in [5.74, 6) is -0.423. The second-order valence-electron chi connectivity index (χ2n) is 10.2. The van der Waals surface area contributed by atoms with Gasteiger partial charge in [0.05, 0.1) is 11.0 Å². The molecular weight excluding hydrogens is 464 g/mol. The molecule has 188 valence electrons. The van der Waals surface area contributed by atoms with Gasteiger partial charge in [-0.2, -0.15) is 0 Å². The van der Waals surface area contributed by atoms with Gasteiger partial charge in [-0.3, -0.25) is 9.36 Å². The molecule has 0 aliphatic carbocycles. The highest BCUT2D eigenvalue weighted by Crippen LogP contribution is 2.35. The number of nitrogens with zero attached hydrogens (tertiary/aromatic N) is 3. The van der Waals surface area contributed by atoms with E-state index in [4.69, 9.17) is 5.73 Å². The van der Waals surface area contributed by atoms with Gasteiger partial charge in [-0.05, 0) is 93.3 Å². The zero-order valence-electron chi connectivity index (χ0n) is 21.3. The molecule has 0 spiro atoms. The Morgan fingerprint density at radius 1 is 1.03 bits per heavy atom. The molecule has 0 bridgehead atoms. The highest BCUT2D eigenvalue weighted by atomic mass is 16.1. The molecule has 0 atom stereocenters. The molecule has 6 rings (SSSR count). The quantitative estimate of drug-likeness (QED) is 0.341. The van der Waals surface area contributed by atoms with Crippen LogP contribution in [0.4, 0.5) is 0 Å². The Hall–Kier alpha value is -4.17. The molecule has 0 radical (unpaired) electrons. The third-order valence-corrected chi connectivity index (χ3v) is 7.98. The van der Waals surface area contributed by atoms with Crippen molar-refractivity contribution in [1.29, 1.82) is 0 Å². The highest BCUT2D eigenvalue weighted by Gasteiger charge is 2.22. The number of aromatic nitrogens is 4. The molecular formula is C29H30N6O2. The van der Waals surface area contributed by atoms with Crippen LogP contribution in [0.1, 0.15) is 40.4 Å². The lowest BCUT2D eigenvalue weighted by molar-refractivity contribution is 0.0999. The van der Waals surface area contributed by atoms with Crippen molar-refractivity contribution in [2.75, 3.05) is 20.1 Å². The summed E-state index contributed by atoms with van der Waals surface area (Å²) in [6.07, 6.45) is 5.75. The van der Waals surface area contributed by atoms with Gasteiger partial charge in [0.15, 0.2) is 0 Å². The number of nitrogens with two attached hydrogens (primary N) is 1. The minimum atomic E-state index is -0.423. The summed E-state index contributed by atoms with van der Waals surface area (Å²) in [4.78, 5) is 38.0. The smallest absolute Gasteiger partial charge is 0.326 e. The molecule has 2 aromatic carbocycles. The molecule has 8 nitrogen and oxygen atoms in total. The van der Waals surface area contributed by atoms with Crippen LogP contribution in [-0.2, 0) is 0 Å². The van der Waals surface area contributed by atoms with Crippen LogP contribution < -0.4 is 11.4 Å². The minimum Gasteiger partial charge on any atom is -0.366 e. The highest BCUT2D eigenvalue weighted by molar-refractivity contribution is 5.99. The Kier molecular flexibility index (Phi) is 5.49. The molecule has 4 N–H and O–H groups in total. The van der Waals surface area contributed by atoms with Crippen LogP contribution in [0.25, 0.3) is 44.3 Å². The maximum Gasteiger partial charge on any atom is 0.326 e. The second-order valence-corrected chi connectivity index (χ2v) is 10.2. The number of pyridine rings is 1. The molecule has 4 heterocycles. The minimum absolute atomic E-state index is 0.0477. The van der Waals surface area contributed by atoms with Crippen LogP contribution >= 0.6 is 0 Å². The van der Waals surface area contributed by atoms with E-state index in [9.17, 15) is 9.59 Å². The summed E-state index contributed by atoms with van der Waals surface area (Å²) in [6.45, 7) is 5.92. The number of primary amides is 1. The second kappa shape index (κ2) is 8.74. The van der Waals surface area contributed by atoms with Gasteiger partial charge >= 0.3 is 5.69 Å². The predicted octanol–water partition coefficient (Wildman–Crippen LogP) is 4.52. The van der Waals surface area contributed by atoms with Gasteiger partial charge in [0, 0.05) is 40.5 Å². The Morgan fingerprint density at radius 2 is 1.81 bits per heavy atom. The Labute approximate surface area is 214 Å². The fourth-order valence-corrected chi connectivity index (χ4v) is 5.69. The number of carbonyl (C=O) groups excluding carboxylic acids is 1. The van der Waals surface area contributed by atoms with E-state index in [1.54, 1.807) is 6.07 Å². The summed E-state index contributed by atoms with van der Waals surface area (Å²) in [6, 6.07) is 12.2. The van der Waals surface area contributed by atoms with Crippen molar-refractivity contribution in [3.8, 4) is 22.3 Å². The molecule has 1 fully saturated rings. The average molecular weight is 495 g/mol. The fraction of sp³-hybridized carbons (Fsp3) is 0.276. The van der Waals surface area contributed by atoms with Gasteiger partial charge < -0.3 is 20.6 Å². The first kappa shape index (κ1) is 23.2. The number of H-pyrrole nitrogens is 2. The first-order chi connectivity index (χ1) is 17.8. The third kappa shape index (κ3) is 3.84. The molecule has 5 aromatic rings. The number of nitrogens with one attached hydrogen (secondary N) is 2. The number of piperidine rings is 1. The van der Waals surface area contributed by atoms with E-state index in [1.165, 1.54) is 0 Å². The number of amides is 1. The Morgan fingerprint density at radius 3 is 2.57 bits per heavy atom. The topological polar surface area (TPSA) is 113 Å². The predicted molar refractivity (Wildman–Crippen MR) is 147 cm³/mol. The standard InChI is InChI=1S/C29H30N6O2/c1-16-17(2)22(27(30)36)6-5-21(16)24-15-32-28-23(24)12-19(14-31-28)18-4-7-26-25(13-18)33-29(37)35(26)20-8-10-34(3)11-9-20/h4-7,12-15,20H,8-11H2,1-3H3,(H2,30,36)(H,31,32)(H,33,37). The van der Waals surface area contributed by atoms with E-state index in [0.717, 1.165) is 81.4 Å². The number of aromatic amines is 2. The maximum atomic E-state index is 12.9. The van der Waals surface area contributed by atoms with E-state index in [-0.39, 0.29) is 11.7 Å². The summed E-state index contributed by atoms with van der Waals surface area (Å²) in [7, 11) is 2.12. The summed E-state index contributed by atoms with van der Waals surface area (Å²) in [5, 5.41) is 0.990. The Balaban J connectivity index is 1.41. The number of likely N-dealkylation sites (tertiary alicyclic amines) is 1. The van der Waals surface area contributed by atoms with Gasteiger partial charge in [-0.25, -0.2) is 9.78 Å². The molecule has 1 aliphatic rings. The molecule has 3 aromatic heterocycles. The maximum absolute atomic E-state index is 12.9. The third-order valence-electron chi connectivity index (χ3n) is 7.98. The number of benzene rings is 2.